The Morgan fingerprint density at radius 3 is 2.23 bits per heavy atom. The summed E-state index contributed by atoms with van der Waals surface area (Å²) in [6, 6.07) is -1.45. The summed E-state index contributed by atoms with van der Waals surface area (Å²) in [7, 11) is 0. The average Bonchev–Trinajstić information content (AvgIpc) is 2.11. The lowest BCUT2D eigenvalue weighted by molar-refractivity contribution is -0.142. The molecule has 0 radical (unpaired) electrons. The molecule has 0 fully saturated rings. The van der Waals surface area contributed by atoms with E-state index >= 15 is 0 Å². The first-order valence-electron chi connectivity index (χ1n) is 4.31. The van der Waals surface area contributed by atoms with Crippen molar-refractivity contribution in [1.29, 1.82) is 0 Å². The molecule has 5 nitrogen and oxygen atoms in total. The molecule has 1 amide bonds. The molecule has 13 heavy (non-hydrogen) atoms. The van der Waals surface area contributed by atoms with Crippen LogP contribution in [0.4, 0.5) is 0 Å². The van der Waals surface area contributed by atoms with Crippen molar-refractivity contribution in [2.24, 2.45) is 5.73 Å². The second kappa shape index (κ2) is 5.53. The summed E-state index contributed by atoms with van der Waals surface area (Å²) < 4.78 is 0. The highest BCUT2D eigenvalue weighted by atomic mass is 16.4. The molecule has 0 aromatic heterocycles. The highest BCUT2D eigenvalue weighted by molar-refractivity contribution is 5.86. The smallest absolute Gasteiger partial charge is 0.326 e. The Balaban J connectivity index is 4.09. The third kappa shape index (κ3) is 3.89. The summed E-state index contributed by atoms with van der Waals surface area (Å²) in [6.07, 6.45) is 0.861. The third-order valence-electron chi connectivity index (χ3n) is 1.80. The number of carbonyl (C=O) groups excluding carboxylic acids is 1. The van der Waals surface area contributed by atoms with Gasteiger partial charge in [-0.05, 0) is 12.8 Å². The lowest BCUT2D eigenvalue weighted by Crippen LogP contribution is -2.47. The maximum atomic E-state index is 11.1. The molecule has 0 saturated carbocycles. The van der Waals surface area contributed by atoms with E-state index in [2.05, 4.69) is 5.32 Å². The maximum absolute atomic E-state index is 11.1. The number of nitrogens with one attached hydrogen (secondary N) is 1. The minimum absolute atomic E-state index is 0.359. The Morgan fingerprint density at radius 1 is 1.38 bits per heavy atom. The molecule has 0 rings (SSSR count). The number of nitrogens with two attached hydrogens (primary N) is 1. The summed E-state index contributed by atoms with van der Waals surface area (Å²) >= 11 is 0. The SMILES string of the molecule is CC[C@H](N)C(=O)N[C@H](CC)C(=O)O. The second-order valence-corrected chi connectivity index (χ2v) is 2.82. The lowest BCUT2D eigenvalue weighted by Gasteiger charge is -2.15. The number of rotatable bonds is 5. The van der Waals surface area contributed by atoms with Gasteiger partial charge in [0, 0.05) is 0 Å². The molecule has 0 spiro atoms. The monoisotopic (exact) mass is 188 g/mol. The quantitative estimate of drug-likeness (QED) is 0.552. The van der Waals surface area contributed by atoms with Gasteiger partial charge in [-0.3, -0.25) is 4.79 Å². The van der Waals surface area contributed by atoms with Crippen LogP contribution in [0.2, 0.25) is 0 Å². The van der Waals surface area contributed by atoms with E-state index in [-0.39, 0.29) is 0 Å². The van der Waals surface area contributed by atoms with Crippen LogP contribution >= 0.6 is 0 Å². The van der Waals surface area contributed by atoms with E-state index in [4.69, 9.17) is 10.8 Å². The first-order chi connectivity index (χ1) is 6.02. The molecule has 0 aromatic carbocycles. The van der Waals surface area contributed by atoms with Crippen LogP contribution in [-0.2, 0) is 9.59 Å². The van der Waals surface area contributed by atoms with Gasteiger partial charge in [-0.25, -0.2) is 4.79 Å². The van der Waals surface area contributed by atoms with E-state index in [1.165, 1.54) is 0 Å². The average molecular weight is 188 g/mol. The van der Waals surface area contributed by atoms with E-state index < -0.39 is 24.0 Å². The Bertz CT molecular complexity index is 194. The molecule has 76 valence electrons. The lowest BCUT2D eigenvalue weighted by atomic mass is 10.2. The van der Waals surface area contributed by atoms with Crippen molar-refractivity contribution in [3.63, 3.8) is 0 Å². The molecular weight excluding hydrogens is 172 g/mol. The van der Waals surface area contributed by atoms with Gasteiger partial charge in [0.25, 0.3) is 0 Å². The van der Waals surface area contributed by atoms with Crippen LogP contribution in [0.25, 0.3) is 0 Å². The fourth-order valence-corrected chi connectivity index (χ4v) is 0.803. The van der Waals surface area contributed by atoms with E-state index in [1.54, 1.807) is 13.8 Å². The van der Waals surface area contributed by atoms with Crippen LogP contribution in [0, 0.1) is 0 Å². The van der Waals surface area contributed by atoms with E-state index in [1.807, 2.05) is 0 Å². The molecule has 0 aliphatic carbocycles. The Labute approximate surface area is 77.3 Å². The first-order valence-corrected chi connectivity index (χ1v) is 4.31. The zero-order valence-corrected chi connectivity index (χ0v) is 7.91. The number of amides is 1. The molecule has 0 saturated heterocycles. The summed E-state index contributed by atoms with van der Waals surface area (Å²) in [6.45, 7) is 3.46. The molecule has 4 N–H and O–H groups in total. The second-order valence-electron chi connectivity index (χ2n) is 2.82. The standard InChI is InChI=1S/C8H16N2O3/c1-3-5(9)7(11)10-6(4-2)8(12)13/h5-6H,3-4,9H2,1-2H3,(H,10,11)(H,12,13)/t5-,6+/m0/s1. The molecule has 0 aliphatic heterocycles. The number of carbonyl (C=O) groups is 2. The normalized spacial score (nSPS) is 14.7. The minimum Gasteiger partial charge on any atom is -0.480 e. The number of hydrogen-bond donors (Lipinski definition) is 3. The van der Waals surface area contributed by atoms with Crippen molar-refractivity contribution in [3.05, 3.63) is 0 Å². The molecule has 5 heteroatoms. The highest BCUT2D eigenvalue weighted by Crippen LogP contribution is 1.93. The summed E-state index contributed by atoms with van der Waals surface area (Å²) in [4.78, 5) is 21.7. The molecule has 0 unspecified atom stereocenters. The van der Waals surface area contributed by atoms with Crippen LogP contribution in [0.15, 0.2) is 0 Å². The topological polar surface area (TPSA) is 92.4 Å². The number of carboxylic acid groups (broad SMARTS) is 1. The number of hydrogen-bond acceptors (Lipinski definition) is 3. The highest BCUT2D eigenvalue weighted by Gasteiger charge is 2.20. The van der Waals surface area contributed by atoms with E-state index in [9.17, 15) is 9.59 Å². The van der Waals surface area contributed by atoms with Gasteiger partial charge in [-0.15, -0.1) is 0 Å². The van der Waals surface area contributed by atoms with Crippen molar-refractivity contribution >= 4 is 11.9 Å². The Hall–Kier alpha value is -1.10. The molecule has 0 bridgehead atoms. The Morgan fingerprint density at radius 2 is 1.92 bits per heavy atom. The van der Waals surface area contributed by atoms with Gasteiger partial charge >= 0.3 is 5.97 Å². The van der Waals surface area contributed by atoms with Gasteiger partial charge in [0.05, 0.1) is 6.04 Å². The zero-order valence-electron chi connectivity index (χ0n) is 7.91. The van der Waals surface area contributed by atoms with Gasteiger partial charge in [0.2, 0.25) is 5.91 Å². The summed E-state index contributed by atoms with van der Waals surface area (Å²) in [5.41, 5.74) is 5.41. The largest absolute Gasteiger partial charge is 0.480 e. The molecule has 0 aromatic rings. The van der Waals surface area contributed by atoms with Crippen molar-refractivity contribution in [2.45, 2.75) is 38.8 Å². The van der Waals surface area contributed by atoms with Gasteiger partial charge in [-0.1, -0.05) is 13.8 Å². The molecule has 0 heterocycles. The fourth-order valence-electron chi connectivity index (χ4n) is 0.803. The maximum Gasteiger partial charge on any atom is 0.326 e. The zero-order chi connectivity index (χ0) is 10.4. The number of aliphatic carboxylic acids is 1. The minimum atomic E-state index is -1.03. The number of carboxylic acids is 1. The van der Waals surface area contributed by atoms with Gasteiger partial charge in [0.15, 0.2) is 0 Å². The molecular formula is C8H16N2O3. The van der Waals surface area contributed by atoms with Crippen LogP contribution in [0.3, 0.4) is 0 Å². The molecule has 2 atom stereocenters. The summed E-state index contributed by atoms with van der Waals surface area (Å²) in [5.74, 6) is -1.43. The van der Waals surface area contributed by atoms with Crippen LogP contribution in [0.1, 0.15) is 26.7 Å². The van der Waals surface area contributed by atoms with Crippen molar-refractivity contribution in [2.75, 3.05) is 0 Å². The van der Waals surface area contributed by atoms with E-state index in [0.717, 1.165) is 0 Å². The van der Waals surface area contributed by atoms with Crippen LogP contribution in [0.5, 0.6) is 0 Å². The van der Waals surface area contributed by atoms with E-state index in [0.29, 0.717) is 12.8 Å². The van der Waals surface area contributed by atoms with Gasteiger partial charge in [0.1, 0.15) is 6.04 Å². The van der Waals surface area contributed by atoms with Gasteiger partial charge in [-0.2, -0.15) is 0 Å². The van der Waals surface area contributed by atoms with Crippen LogP contribution < -0.4 is 11.1 Å². The first kappa shape index (κ1) is 11.9. The van der Waals surface area contributed by atoms with Crippen molar-refractivity contribution in [3.8, 4) is 0 Å². The predicted octanol–water partition coefficient (Wildman–Crippen LogP) is -0.297. The predicted molar refractivity (Wildman–Crippen MR) is 48.1 cm³/mol. The third-order valence-corrected chi connectivity index (χ3v) is 1.80. The summed E-state index contributed by atoms with van der Waals surface area (Å²) in [5, 5.41) is 11.0. The fraction of sp³-hybridized carbons (Fsp3) is 0.750. The van der Waals surface area contributed by atoms with Crippen molar-refractivity contribution in [1.82, 2.24) is 5.32 Å². The van der Waals surface area contributed by atoms with Crippen molar-refractivity contribution < 1.29 is 14.7 Å². The van der Waals surface area contributed by atoms with Gasteiger partial charge < -0.3 is 16.2 Å². The molecule has 0 aliphatic rings. The van der Waals surface area contributed by atoms with Crippen LogP contribution in [-0.4, -0.2) is 29.1 Å². The Kier molecular flexibility index (Phi) is 5.06.